The molecular formula is C26H26N2O3. The summed E-state index contributed by atoms with van der Waals surface area (Å²) in [4.78, 5) is 16.3. The minimum Gasteiger partial charge on any atom is -0.493 e. The Balaban J connectivity index is 1.48. The predicted octanol–water partition coefficient (Wildman–Crippen LogP) is 5.69. The van der Waals surface area contributed by atoms with E-state index in [2.05, 4.69) is 29.2 Å². The maximum absolute atomic E-state index is 11.7. The van der Waals surface area contributed by atoms with Gasteiger partial charge in [-0.15, -0.1) is 0 Å². The number of benzene rings is 3. The smallest absolute Gasteiger partial charge is 0.308 e. The third kappa shape index (κ3) is 5.12. The molecule has 0 aliphatic rings. The van der Waals surface area contributed by atoms with Crippen LogP contribution in [0.4, 0.5) is 5.69 Å². The number of unbranched alkanes of at least 4 members (excludes halogenated alkanes) is 2. The number of aromatic nitrogens is 1. The molecule has 0 unspecified atom stereocenters. The number of anilines is 1. The zero-order valence-corrected chi connectivity index (χ0v) is 17.6. The molecule has 0 saturated heterocycles. The molecule has 5 heteroatoms. The van der Waals surface area contributed by atoms with Crippen LogP contribution in [0.3, 0.4) is 0 Å². The fraction of sp³-hybridized carbons (Fsp3) is 0.231. The molecule has 2 N–H and O–H groups in total. The highest BCUT2D eigenvalue weighted by atomic mass is 16.5. The molecule has 0 aliphatic heterocycles. The van der Waals surface area contributed by atoms with Crippen molar-refractivity contribution in [1.82, 2.24) is 4.98 Å². The number of pyridine rings is 1. The van der Waals surface area contributed by atoms with E-state index in [-0.39, 0.29) is 5.97 Å². The Morgan fingerprint density at radius 3 is 2.65 bits per heavy atom. The number of esters is 1. The van der Waals surface area contributed by atoms with Gasteiger partial charge < -0.3 is 15.2 Å². The quantitative estimate of drug-likeness (QED) is 0.132. The van der Waals surface area contributed by atoms with E-state index in [0.29, 0.717) is 29.3 Å². The van der Waals surface area contributed by atoms with Gasteiger partial charge in [0.15, 0.2) is 0 Å². The molecule has 4 aromatic rings. The fourth-order valence-electron chi connectivity index (χ4n) is 3.75. The number of nitrogen functional groups attached to an aromatic ring is 1. The molecule has 0 saturated carbocycles. The van der Waals surface area contributed by atoms with E-state index in [1.54, 1.807) is 12.3 Å². The van der Waals surface area contributed by atoms with Gasteiger partial charge in [-0.3, -0.25) is 9.78 Å². The van der Waals surface area contributed by atoms with Gasteiger partial charge in [0, 0.05) is 36.3 Å². The molecule has 1 aromatic heterocycles. The van der Waals surface area contributed by atoms with Crippen LogP contribution in [0.25, 0.3) is 21.7 Å². The van der Waals surface area contributed by atoms with Gasteiger partial charge in [-0.25, -0.2) is 0 Å². The minimum absolute atomic E-state index is 0.389. The number of carbonyl (C=O) groups is 1. The van der Waals surface area contributed by atoms with E-state index < -0.39 is 0 Å². The lowest BCUT2D eigenvalue weighted by atomic mass is 10.0. The second-order valence-electron chi connectivity index (χ2n) is 7.66. The van der Waals surface area contributed by atoms with Crippen LogP contribution in [0.1, 0.15) is 31.7 Å². The van der Waals surface area contributed by atoms with Crippen molar-refractivity contribution in [3.8, 4) is 11.5 Å². The van der Waals surface area contributed by atoms with Crippen molar-refractivity contribution in [2.45, 2.75) is 32.6 Å². The Morgan fingerprint density at radius 2 is 1.84 bits per heavy atom. The molecule has 0 radical (unpaired) electrons. The summed E-state index contributed by atoms with van der Waals surface area (Å²) < 4.78 is 11.5. The Labute approximate surface area is 181 Å². The molecule has 0 aliphatic carbocycles. The molecule has 1 heterocycles. The molecule has 0 amide bonds. The number of rotatable bonds is 8. The average Bonchev–Trinajstić information content (AvgIpc) is 2.76. The first-order valence-corrected chi connectivity index (χ1v) is 10.6. The van der Waals surface area contributed by atoms with Crippen LogP contribution in [-0.2, 0) is 11.2 Å². The van der Waals surface area contributed by atoms with E-state index in [1.165, 1.54) is 12.5 Å². The van der Waals surface area contributed by atoms with Gasteiger partial charge >= 0.3 is 5.97 Å². The van der Waals surface area contributed by atoms with E-state index in [0.717, 1.165) is 41.8 Å². The maximum Gasteiger partial charge on any atom is 0.308 e. The second-order valence-corrected chi connectivity index (χ2v) is 7.66. The first kappa shape index (κ1) is 20.7. The van der Waals surface area contributed by atoms with Crippen LogP contribution in [0.15, 0.2) is 66.9 Å². The molecular weight excluding hydrogens is 388 g/mol. The van der Waals surface area contributed by atoms with Crippen LogP contribution in [0.5, 0.6) is 11.5 Å². The van der Waals surface area contributed by atoms with E-state index in [1.807, 2.05) is 30.3 Å². The molecule has 4 rings (SSSR count). The Hall–Kier alpha value is -3.60. The summed E-state index contributed by atoms with van der Waals surface area (Å²) in [6.45, 7) is 1.99. The Bertz CT molecular complexity index is 1210. The topological polar surface area (TPSA) is 74.4 Å². The molecule has 0 bridgehead atoms. The van der Waals surface area contributed by atoms with Crippen molar-refractivity contribution < 1.29 is 14.3 Å². The Morgan fingerprint density at radius 1 is 1.00 bits per heavy atom. The summed E-state index contributed by atoms with van der Waals surface area (Å²) in [6.07, 6.45) is 6.03. The number of fused-ring (bicyclic) bond motifs is 3. The predicted molar refractivity (Wildman–Crippen MR) is 124 cm³/mol. The number of carbonyl (C=O) groups excluding carboxylic acids is 1. The number of aryl methyl sites for hydroxylation is 1. The maximum atomic E-state index is 11.7. The molecule has 3 aromatic carbocycles. The van der Waals surface area contributed by atoms with Gasteiger partial charge in [0.25, 0.3) is 0 Å². The highest BCUT2D eigenvalue weighted by Crippen LogP contribution is 2.36. The van der Waals surface area contributed by atoms with Crippen LogP contribution >= 0.6 is 0 Å². The number of nitrogens with zero attached hydrogens (tertiary/aromatic N) is 1. The van der Waals surface area contributed by atoms with Gasteiger partial charge in [0.2, 0.25) is 0 Å². The van der Waals surface area contributed by atoms with Gasteiger partial charge in [0.05, 0.1) is 17.5 Å². The highest BCUT2D eigenvalue weighted by molar-refractivity contribution is 6.10. The Kier molecular flexibility index (Phi) is 6.32. The number of hydrogen-bond acceptors (Lipinski definition) is 5. The van der Waals surface area contributed by atoms with Crippen LogP contribution in [0.2, 0.25) is 0 Å². The van der Waals surface area contributed by atoms with Gasteiger partial charge in [-0.1, -0.05) is 36.4 Å². The van der Waals surface area contributed by atoms with Crippen molar-refractivity contribution in [3.05, 3.63) is 72.4 Å². The molecule has 158 valence electrons. The summed E-state index contributed by atoms with van der Waals surface area (Å²) in [5.41, 5.74) is 8.70. The van der Waals surface area contributed by atoms with Crippen LogP contribution < -0.4 is 15.2 Å². The monoisotopic (exact) mass is 414 g/mol. The summed E-state index contributed by atoms with van der Waals surface area (Å²) in [5.74, 6) is 0.690. The number of hydrogen-bond donors (Lipinski definition) is 1. The van der Waals surface area contributed by atoms with Crippen LogP contribution in [0, 0.1) is 0 Å². The SMILES string of the molecule is CC(=O)Oc1cc(OCCCCCc2ccccc2)cc2ncc3ccc(N)cc3c12. The number of ether oxygens (including phenoxy) is 2. The largest absolute Gasteiger partial charge is 0.493 e. The van der Waals surface area contributed by atoms with Gasteiger partial charge in [-0.05, 0) is 48.8 Å². The lowest BCUT2D eigenvalue weighted by Crippen LogP contribution is -2.04. The first-order chi connectivity index (χ1) is 15.1. The summed E-state index contributed by atoms with van der Waals surface area (Å²) in [7, 11) is 0. The summed E-state index contributed by atoms with van der Waals surface area (Å²) in [6, 6.07) is 19.8. The standard InChI is InChI=1S/C26H26N2O3/c1-18(29)31-25-16-22(30-13-7-3-6-10-19-8-4-2-5-9-19)15-24-26(25)23-14-21(27)12-11-20(23)17-28-24/h2,4-5,8-9,11-12,14-17H,3,6-7,10,13,27H2,1H3. The minimum atomic E-state index is -0.389. The lowest BCUT2D eigenvalue weighted by Gasteiger charge is -2.13. The van der Waals surface area contributed by atoms with Gasteiger partial charge in [0.1, 0.15) is 11.5 Å². The van der Waals surface area contributed by atoms with Crippen molar-refractivity contribution in [2.24, 2.45) is 0 Å². The summed E-state index contributed by atoms with van der Waals surface area (Å²) >= 11 is 0. The molecule has 5 nitrogen and oxygen atoms in total. The third-order valence-electron chi connectivity index (χ3n) is 5.22. The van der Waals surface area contributed by atoms with E-state index >= 15 is 0 Å². The van der Waals surface area contributed by atoms with Gasteiger partial charge in [-0.2, -0.15) is 0 Å². The highest BCUT2D eigenvalue weighted by Gasteiger charge is 2.13. The molecule has 31 heavy (non-hydrogen) atoms. The van der Waals surface area contributed by atoms with Crippen molar-refractivity contribution >= 4 is 33.3 Å². The molecule has 0 fully saturated rings. The van der Waals surface area contributed by atoms with Crippen molar-refractivity contribution in [3.63, 3.8) is 0 Å². The lowest BCUT2D eigenvalue weighted by molar-refractivity contribution is -0.131. The van der Waals surface area contributed by atoms with Crippen LogP contribution in [-0.4, -0.2) is 17.6 Å². The third-order valence-corrected chi connectivity index (χ3v) is 5.22. The van der Waals surface area contributed by atoms with Crippen molar-refractivity contribution in [2.75, 3.05) is 12.3 Å². The zero-order valence-electron chi connectivity index (χ0n) is 17.6. The average molecular weight is 415 g/mol. The zero-order chi connectivity index (χ0) is 21.6. The normalized spacial score (nSPS) is 11.0. The van der Waals surface area contributed by atoms with Crippen molar-refractivity contribution in [1.29, 1.82) is 0 Å². The first-order valence-electron chi connectivity index (χ1n) is 10.6. The summed E-state index contributed by atoms with van der Waals surface area (Å²) in [5, 5.41) is 2.59. The second kappa shape index (κ2) is 9.47. The number of nitrogens with two attached hydrogens (primary N) is 1. The fourth-order valence-corrected chi connectivity index (χ4v) is 3.75. The van der Waals surface area contributed by atoms with E-state index in [4.69, 9.17) is 15.2 Å². The van der Waals surface area contributed by atoms with E-state index in [9.17, 15) is 4.79 Å². The molecule has 0 spiro atoms. The molecule has 0 atom stereocenters.